The molecule has 0 aromatic heterocycles. The molecule has 0 spiro atoms. The van der Waals surface area contributed by atoms with E-state index >= 15 is 0 Å². The number of hydrogen-bond donors (Lipinski definition) is 1. The van der Waals surface area contributed by atoms with Gasteiger partial charge >= 0.3 is 0 Å². The predicted molar refractivity (Wildman–Crippen MR) is 67.0 cm³/mol. The lowest BCUT2D eigenvalue weighted by atomic mass is 9.65. The van der Waals surface area contributed by atoms with Crippen molar-refractivity contribution in [2.75, 3.05) is 0 Å². The van der Waals surface area contributed by atoms with Crippen LogP contribution in [0.25, 0.3) is 0 Å². The molecule has 0 heterocycles. The van der Waals surface area contributed by atoms with Gasteiger partial charge in [0.05, 0.1) is 6.10 Å². The second-order valence-corrected chi connectivity index (χ2v) is 6.07. The van der Waals surface area contributed by atoms with E-state index in [4.69, 9.17) is 0 Å². The van der Waals surface area contributed by atoms with Crippen molar-refractivity contribution in [3.8, 4) is 0 Å². The van der Waals surface area contributed by atoms with Crippen LogP contribution in [0, 0.1) is 28.8 Å². The zero-order valence-electron chi connectivity index (χ0n) is 11.2. The van der Waals surface area contributed by atoms with Crippen molar-refractivity contribution < 1.29 is 18.3 Å². The fourth-order valence-corrected chi connectivity index (χ4v) is 3.09. The molecular formula is C15H19F3O. The molecular weight excluding hydrogens is 253 g/mol. The summed E-state index contributed by atoms with van der Waals surface area (Å²) in [6, 6.07) is 1.28. The number of aliphatic hydroxyl groups is 1. The van der Waals surface area contributed by atoms with E-state index in [1.807, 2.05) is 13.8 Å². The maximum atomic E-state index is 13.7. The van der Waals surface area contributed by atoms with Crippen LogP contribution in [0.3, 0.4) is 0 Å². The monoisotopic (exact) mass is 272 g/mol. The van der Waals surface area contributed by atoms with Crippen LogP contribution in [0.4, 0.5) is 13.2 Å². The Morgan fingerprint density at radius 1 is 1.11 bits per heavy atom. The van der Waals surface area contributed by atoms with Crippen molar-refractivity contribution in [3.63, 3.8) is 0 Å². The number of rotatable bonds is 2. The van der Waals surface area contributed by atoms with Gasteiger partial charge in [-0.25, -0.2) is 13.2 Å². The predicted octanol–water partition coefficient (Wildman–Crippen LogP) is 4.35. The first-order valence-electron chi connectivity index (χ1n) is 6.65. The molecule has 1 nitrogen and oxygen atoms in total. The molecule has 1 aromatic rings. The molecule has 1 saturated carbocycles. The SMILES string of the molecule is CC1(C)CCCCC1C(O)c1cc(F)c(F)cc1F. The Morgan fingerprint density at radius 3 is 2.37 bits per heavy atom. The molecule has 19 heavy (non-hydrogen) atoms. The number of hydrogen-bond acceptors (Lipinski definition) is 1. The Labute approximate surface area is 111 Å². The summed E-state index contributed by atoms with van der Waals surface area (Å²) in [5.74, 6) is -3.37. The Balaban J connectivity index is 2.33. The van der Waals surface area contributed by atoms with Crippen LogP contribution in [0.15, 0.2) is 12.1 Å². The van der Waals surface area contributed by atoms with E-state index in [0.717, 1.165) is 31.7 Å². The lowest BCUT2D eigenvalue weighted by Crippen LogP contribution is -2.33. The van der Waals surface area contributed by atoms with Crippen LogP contribution >= 0.6 is 0 Å². The van der Waals surface area contributed by atoms with Gasteiger partial charge < -0.3 is 5.11 Å². The van der Waals surface area contributed by atoms with Gasteiger partial charge in [-0.05, 0) is 30.2 Å². The molecule has 106 valence electrons. The minimum absolute atomic E-state index is 0.130. The first-order valence-corrected chi connectivity index (χ1v) is 6.65. The number of halogens is 3. The third kappa shape index (κ3) is 2.78. The highest BCUT2D eigenvalue weighted by Gasteiger charge is 2.38. The molecule has 1 aliphatic rings. The molecule has 2 unspecified atom stereocenters. The van der Waals surface area contributed by atoms with Crippen LogP contribution in [0.1, 0.15) is 51.2 Å². The standard InChI is InChI=1S/C15H19F3O/c1-15(2)6-4-3-5-10(15)14(19)9-7-12(17)13(18)8-11(9)16/h7-8,10,14,19H,3-6H2,1-2H3. The first kappa shape index (κ1) is 14.4. The van der Waals surface area contributed by atoms with Gasteiger partial charge in [-0.15, -0.1) is 0 Å². The summed E-state index contributed by atoms with van der Waals surface area (Å²) in [4.78, 5) is 0. The van der Waals surface area contributed by atoms with E-state index in [0.29, 0.717) is 6.07 Å². The first-order chi connectivity index (χ1) is 8.83. The van der Waals surface area contributed by atoms with E-state index in [1.165, 1.54) is 0 Å². The number of aliphatic hydroxyl groups excluding tert-OH is 1. The fourth-order valence-electron chi connectivity index (χ4n) is 3.09. The molecule has 1 aromatic carbocycles. The summed E-state index contributed by atoms with van der Waals surface area (Å²) in [6.07, 6.45) is 2.67. The van der Waals surface area contributed by atoms with E-state index in [1.54, 1.807) is 0 Å². The summed E-state index contributed by atoms with van der Waals surface area (Å²) in [5.41, 5.74) is -0.270. The summed E-state index contributed by atoms with van der Waals surface area (Å²) in [6.45, 7) is 4.05. The maximum absolute atomic E-state index is 13.7. The molecule has 2 atom stereocenters. The Bertz CT molecular complexity index is 471. The van der Waals surface area contributed by atoms with Crippen molar-refractivity contribution in [1.82, 2.24) is 0 Å². The van der Waals surface area contributed by atoms with E-state index in [2.05, 4.69) is 0 Å². The van der Waals surface area contributed by atoms with Gasteiger partial charge in [-0.2, -0.15) is 0 Å². The van der Waals surface area contributed by atoms with Crippen LogP contribution in [0.2, 0.25) is 0 Å². The van der Waals surface area contributed by atoms with Crippen molar-refractivity contribution in [2.24, 2.45) is 11.3 Å². The van der Waals surface area contributed by atoms with Crippen molar-refractivity contribution >= 4 is 0 Å². The van der Waals surface area contributed by atoms with Gasteiger partial charge in [-0.1, -0.05) is 26.7 Å². The minimum atomic E-state index is -1.23. The van der Waals surface area contributed by atoms with Crippen LogP contribution in [-0.2, 0) is 0 Å². The molecule has 2 rings (SSSR count). The van der Waals surface area contributed by atoms with Crippen molar-refractivity contribution in [1.29, 1.82) is 0 Å². The second-order valence-electron chi connectivity index (χ2n) is 6.07. The van der Waals surface area contributed by atoms with Gasteiger partial charge in [0.25, 0.3) is 0 Å². The summed E-state index contributed by atoms with van der Waals surface area (Å²) in [5, 5.41) is 10.3. The van der Waals surface area contributed by atoms with E-state index in [9.17, 15) is 18.3 Å². The Hall–Kier alpha value is -1.03. The Kier molecular flexibility index (Phi) is 3.90. The molecule has 0 radical (unpaired) electrons. The van der Waals surface area contributed by atoms with Crippen LogP contribution in [0.5, 0.6) is 0 Å². The number of benzene rings is 1. The quantitative estimate of drug-likeness (QED) is 0.793. The molecule has 0 amide bonds. The normalized spacial score (nSPS) is 24.2. The van der Waals surface area contributed by atoms with Crippen LogP contribution < -0.4 is 0 Å². The average Bonchev–Trinajstić information content (AvgIpc) is 2.32. The molecule has 0 bridgehead atoms. The smallest absolute Gasteiger partial charge is 0.161 e. The van der Waals surface area contributed by atoms with Crippen molar-refractivity contribution in [2.45, 2.75) is 45.6 Å². The van der Waals surface area contributed by atoms with E-state index in [-0.39, 0.29) is 16.9 Å². The lowest BCUT2D eigenvalue weighted by Gasteiger charge is -2.41. The zero-order chi connectivity index (χ0) is 14.2. The summed E-state index contributed by atoms with van der Waals surface area (Å²) >= 11 is 0. The maximum Gasteiger partial charge on any atom is 0.161 e. The van der Waals surface area contributed by atoms with Gasteiger partial charge in [0.15, 0.2) is 11.6 Å². The summed E-state index contributed by atoms with van der Waals surface area (Å²) < 4.78 is 39.9. The van der Waals surface area contributed by atoms with E-state index < -0.39 is 23.6 Å². The van der Waals surface area contributed by atoms with Gasteiger partial charge in [0, 0.05) is 11.6 Å². The topological polar surface area (TPSA) is 20.2 Å². The second kappa shape index (κ2) is 5.16. The highest BCUT2D eigenvalue weighted by molar-refractivity contribution is 5.23. The van der Waals surface area contributed by atoms with Crippen LogP contribution in [-0.4, -0.2) is 5.11 Å². The lowest BCUT2D eigenvalue weighted by molar-refractivity contribution is 0.00174. The summed E-state index contributed by atoms with van der Waals surface area (Å²) in [7, 11) is 0. The van der Waals surface area contributed by atoms with Gasteiger partial charge in [0.2, 0.25) is 0 Å². The third-order valence-corrected chi connectivity index (χ3v) is 4.33. The average molecular weight is 272 g/mol. The molecule has 1 N–H and O–H groups in total. The molecule has 1 fully saturated rings. The molecule has 4 heteroatoms. The third-order valence-electron chi connectivity index (χ3n) is 4.33. The highest BCUT2D eigenvalue weighted by atomic mass is 19.2. The Morgan fingerprint density at radius 2 is 1.74 bits per heavy atom. The molecule has 0 aliphatic heterocycles. The molecule has 0 saturated heterocycles. The zero-order valence-corrected chi connectivity index (χ0v) is 11.2. The van der Waals surface area contributed by atoms with Gasteiger partial charge in [0.1, 0.15) is 5.82 Å². The van der Waals surface area contributed by atoms with Crippen molar-refractivity contribution in [3.05, 3.63) is 35.1 Å². The fraction of sp³-hybridized carbons (Fsp3) is 0.600. The highest BCUT2D eigenvalue weighted by Crippen LogP contribution is 2.47. The van der Waals surface area contributed by atoms with Gasteiger partial charge in [-0.3, -0.25) is 0 Å². The minimum Gasteiger partial charge on any atom is -0.388 e. The largest absolute Gasteiger partial charge is 0.388 e. The molecule has 1 aliphatic carbocycles.